The zero-order chi connectivity index (χ0) is 29.6. The number of pyridine rings is 2. The number of nitrogens with zero attached hydrogens (tertiary/aromatic N) is 6. The highest BCUT2D eigenvalue weighted by molar-refractivity contribution is 6.00. The molecule has 43 heavy (non-hydrogen) atoms. The zero-order valence-electron chi connectivity index (χ0n) is 24.7. The minimum Gasteiger partial charge on any atom is -0.494 e. The van der Waals surface area contributed by atoms with Crippen LogP contribution in [0, 0.1) is 12.8 Å². The molecule has 2 saturated heterocycles. The molecule has 1 saturated carbocycles. The Labute approximate surface area is 248 Å². The van der Waals surface area contributed by atoms with Crippen LogP contribution < -0.4 is 16.0 Å². The van der Waals surface area contributed by atoms with E-state index in [2.05, 4.69) is 10.6 Å². The molecular formula is C33H35N7O3. The monoisotopic (exact) mass is 577 g/mol. The fourth-order valence-electron chi connectivity index (χ4n) is 7.38. The number of carbonyl (C=O) groups excluding carboxylic acids is 1. The third kappa shape index (κ3) is 4.03. The lowest BCUT2D eigenvalue weighted by Gasteiger charge is -2.23. The summed E-state index contributed by atoms with van der Waals surface area (Å²) >= 11 is 0. The molecule has 1 aliphatic carbocycles. The third-order valence-electron chi connectivity index (χ3n) is 9.70. The standard InChI is InChI=1S/C33H35N7O3/c1-18-5-4-6-29(41)39(18)28-12-9-20-14-26(38(31(20)36-28)17-19-7-8-19)32-35-24-13-21(15-27(43-3)30(24)37(32)2)33(42)40-22-10-11-25(40)23(34)16-22/h4-6,9,12-15,19,22-23,25H,7-8,10-11,16-17,34H2,1-3H3/t22-,23+,25+/m0/s1. The second-order valence-corrected chi connectivity index (χ2v) is 12.5. The van der Waals surface area contributed by atoms with Crippen LogP contribution in [0.15, 0.2) is 53.3 Å². The molecule has 2 bridgehead atoms. The number of carbonyl (C=O) groups is 1. The SMILES string of the molecule is COc1cc(C(=O)N2[C@H]3CC[C@@H]2[C@H](N)C3)cc2nc(-c3cc4ccc(-n5c(C)cccc5=O)nc4n3CC3CC3)n(C)c12. The summed E-state index contributed by atoms with van der Waals surface area (Å²) < 4.78 is 11.8. The highest BCUT2D eigenvalue weighted by atomic mass is 16.5. The Kier molecular flexibility index (Phi) is 5.81. The van der Waals surface area contributed by atoms with Crippen LogP contribution in [0.5, 0.6) is 5.75 Å². The molecule has 3 atom stereocenters. The average Bonchev–Trinajstić information content (AvgIpc) is 3.32. The molecule has 1 aromatic carbocycles. The summed E-state index contributed by atoms with van der Waals surface area (Å²) in [7, 11) is 3.62. The fourth-order valence-corrected chi connectivity index (χ4v) is 7.38. The number of benzene rings is 1. The molecule has 10 nitrogen and oxygen atoms in total. The molecule has 3 fully saturated rings. The molecule has 3 aliphatic rings. The molecular weight excluding hydrogens is 542 g/mol. The number of fused-ring (bicyclic) bond motifs is 4. The first-order valence-electron chi connectivity index (χ1n) is 15.1. The number of rotatable bonds is 6. The predicted octanol–water partition coefficient (Wildman–Crippen LogP) is 4.17. The van der Waals surface area contributed by atoms with E-state index in [1.807, 2.05) is 53.8 Å². The van der Waals surface area contributed by atoms with Crippen molar-refractivity contribution in [1.82, 2.24) is 28.6 Å². The Morgan fingerprint density at radius 2 is 1.91 bits per heavy atom. The minimum atomic E-state index is -0.107. The quantitative estimate of drug-likeness (QED) is 0.324. The second kappa shape index (κ2) is 9.54. The smallest absolute Gasteiger partial charge is 0.256 e. The third-order valence-corrected chi connectivity index (χ3v) is 9.70. The van der Waals surface area contributed by atoms with Crippen molar-refractivity contribution in [3.63, 3.8) is 0 Å². The summed E-state index contributed by atoms with van der Waals surface area (Å²) in [6.07, 6.45) is 5.20. The average molecular weight is 578 g/mol. The van der Waals surface area contributed by atoms with E-state index >= 15 is 0 Å². The van der Waals surface area contributed by atoms with Crippen LogP contribution in [-0.4, -0.2) is 59.7 Å². The van der Waals surface area contributed by atoms with Gasteiger partial charge in [0.15, 0.2) is 5.82 Å². The molecule has 0 unspecified atom stereocenters. The maximum Gasteiger partial charge on any atom is 0.256 e. The second-order valence-electron chi connectivity index (χ2n) is 12.5. The first-order chi connectivity index (χ1) is 20.8. The van der Waals surface area contributed by atoms with Crippen LogP contribution in [0.3, 0.4) is 0 Å². The van der Waals surface area contributed by atoms with E-state index < -0.39 is 0 Å². The molecule has 10 heteroatoms. The molecule has 1 amide bonds. The summed E-state index contributed by atoms with van der Waals surface area (Å²) in [4.78, 5) is 38.6. The zero-order valence-corrected chi connectivity index (χ0v) is 24.7. The van der Waals surface area contributed by atoms with Crippen molar-refractivity contribution in [2.45, 2.75) is 63.7 Å². The number of methoxy groups -OCH3 is 1. The summed E-state index contributed by atoms with van der Waals surface area (Å²) in [5.74, 6) is 2.56. The van der Waals surface area contributed by atoms with Gasteiger partial charge in [0.05, 0.1) is 18.3 Å². The maximum atomic E-state index is 13.8. The Hall–Kier alpha value is -4.44. The number of nitrogens with two attached hydrogens (primary N) is 1. The molecule has 6 heterocycles. The van der Waals surface area contributed by atoms with E-state index in [0.717, 1.165) is 59.6 Å². The van der Waals surface area contributed by atoms with Gasteiger partial charge >= 0.3 is 0 Å². The summed E-state index contributed by atoms with van der Waals surface area (Å²) in [6.45, 7) is 2.73. The Bertz CT molecular complexity index is 2000. The highest BCUT2D eigenvalue weighted by Gasteiger charge is 2.47. The van der Waals surface area contributed by atoms with E-state index in [-0.39, 0.29) is 29.6 Å². The van der Waals surface area contributed by atoms with Gasteiger partial charge in [-0.25, -0.2) is 9.97 Å². The lowest BCUT2D eigenvalue weighted by molar-refractivity contribution is 0.0726. The van der Waals surface area contributed by atoms with Gasteiger partial charge in [-0.05, 0) is 81.3 Å². The van der Waals surface area contributed by atoms with Crippen molar-refractivity contribution in [3.8, 4) is 23.1 Å². The number of ether oxygens (including phenoxy) is 1. The molecule has 220 valence electrons. The molecule has 5 aromatic rings. The largest absolute Gasteiger partial charge is 0.494 e. The first-order valence-corrected chi connectivity index (χ1v) is 15.1. The van der Waals surface area contributed by atoms with Gasteiger partial charge in [-0.1, -0.05) is 6.07 Å². The minimum absolute atomic E-state index is 0.00104. The van der Waals surface area contributed by atoms with Crippen molar-refractivity contribution in [1.29, 1.82) is 0 Å². The number of imidazole rings is 1. The van der Waals surface area contributed by atoms with Crippen LogP contribution in [-0.2, 0) is 13.6 Å². The van der Waals surface area contributed by atoms with E-state index in [4.69, 9.17) is 20.4 Å². The van der Waals surface area contributed by atoms with Crippen LogP contribution in [0.2, 0.25) is 0 Å². The lowest BCUT2D eigenvalue weighted by Crippen LogP contribution is -2.40. The van der Waals surface area contributed by atoms with Gasteiger partial charge < -0.3 is 24.5 Å². The van der Waals surface area contributed by atoms with Crippen molar-refractivity contribution in [2.24, 2.45) is 18.7 Å². The van der Waals surface area contributed by atoms with E-state index in [9.17, 15) is 9.59 Å². The summed E-state index contributed by atoms with van der Waals surface area (Å²) in [5, 5.41) is 0.983. The molecule has 0 radical (unpaired) electrons. The van der Waals surface area contributed by atoms with Gasteiger partial charge in [0.1, 0.15) is 22.7 Å². The highest BCUT2D eigenvalue weighted by Crippen LogP contribution is 2.40. The van der Waals surface area contributed by atoms with Crippen LogP contribution >= 0.6 is 0 Å². The number of hydrogen-bond acceptors (Lipinski definition) is 6. The van der Waals surface area contributed by atoms with Gasteiger partial charge in [0.25, 0.3) is 11.5 Å². The Morgan fingerprint density at radius 3 is 2.60 bits per heavy atom. The van der Waals surface area contributed by atoms with Crippen molar-refractivity contribution in [3.05, 3.63) is 70.1 Å². The normalized spacial score (nSPS) is 21.4. The van der Waals surface area contributed by atoms with Crippen LogP contribution in [0.1, 0.15) is 48.2 Å². The van der Waals surface area contributed by atoms with Crippen molar-refractivity contribution < 1.29 is 9.53 Å². The number of hydrogen-bond donors (Lipinski definition) is 1. The molecule has 8 rings (SSSR count). The number of aromatic nitrogens is 5. The lowest BCUT2D eigenvalue weighted by atomic mass is 9.97. The molecule has 2 aliphatic heterocycles. The van der Waals surface area contributed by atoms with E-state index in [0.29, 0.717) is 28.6 Å². The van der Waals surface area contributed by atoms with Crippen LogP contribution in [0.4, 0.5) is 0 Å². The number of amides is 1. The Morgan fingerprint density at radius 1 is 1.07 bits per heavy atom. The first kappa shape index (κ1) is 26.2. The van der Waals surface area contributed by atoms with E-state index in [1.165, 1.54) is 12.8 Å². The summed E-state index contributed by atoms with van der Waals surface area (Å²) in [6, 6.07) is 15.4. The van der Waals surface area contributed by atoms with Crippen molar-refractivity contribution in [2.75, 3.05) is 7.11 Å². The maximum absolute atomic E-state index is 13.8. The molecule has 2 N–H and O–H groups in total. The number of aryl methyl sites for hydroxylation is 2. The van der Waals surface area contributed by atoms with Gasteiger partial charge in [0, 0.05) is 54.4 Å². The fraction of sp³-hybridized carbons (Fsp3) is 0.394. The van der Waals surface area contributed by atoms with Gasteiger partial charge in [-0.2, -0.15) is 0 Å². The topological polar surface area (TPSA) is 113 Å². The van der Waals surface area contributed by atoms with Gasteiger partial charge in [-0.3, -0.25) is 14.2 Å². The van der Waals surface area contributed by atoms with E-state index in [1.54, 1.807) is 23.8 Å². The van der Waals surface area contributed by atoms with Crippen LogP contribution in [0.25, 0.3) is 39.4 Å². The van der Waals surface area contributed by atoms with Gasteiger partial charge in [-0.15, -0.1) is 0 Å². The molecule has 0 spiro atoms. The summed E-state index contributed by atoms with van der Waals surface area (Å²) in [5.41, 5.74) is 11.0. The van der Waals surface area contributed by atoms with Gasteiger partial charge in [0.2, 0.25) is 0 Å². The Balaban J connectivity index is 1.27. The molecule has 4 aromatic heterocycles. The predicted molar refractivity (Wildman–Crippen MR) is 165 cm³/mol. The van der Waals surface area contributed by atoms with Crippen molar-refractivity contribution >= 4 is 28.0 Å².